The molecule has 1 fully saturated rings. The minimum atomic E-state index is 0.417. The molecule has 1 saturated heterocycles. The summed E-state index contributed by atoms with van der Waals surface area (Å²) in [6.07, 6.45) is 1.18. The molecule has 21 heavy (non-hydrogen) atoms. The van der Waals surface area contributed by atoms with Crippen LogP contribution in [0.4, 0.5) is 5.69 Å². The minimum Gasteiger partial charge on any atom is -0.368 e. The number of likely N-dealkylation sites (N-methyl/N-ethyl adjacent to an activating group) is 1. The molecule has 0 aliphatic carbocycles. The fraction of sp³-hybridized carbons (Fsp3) is 0.667. The molecule has 2 rings (SSSR count). The smallest absolute Gasteiger partial charge is 0.0415 e. The second-order valence-corrected chi connectivity index (χ2v) is 6.16. The van der Waals surface area contributed by atoms with Gasteiger partial charge in [0, 0.05) is 37.4 Å². The quantitative estimate of drug-likeness (QED) is 0.867. The van der Waals surface area contributed by atoms with Gasteiger partial charge in [0.05, 0.1) is 0 Å². The van der Waals surface area contributed by atoms with Crippen LogP contribution >= 0.6 is 0 Å². The SMILES string of the molecule is CCCNC(C)c1ccccc1N1CCN(CC)C(C)C1. The lowest BCUT2D eigenvalue weighted by Crippen LogP contribution is -2.52. The Hall–Kier alpha value is -1.06. The Balaban J connectivity index is 2.13. The fourth-order valence-electron chi connectivity index (χ4n) is 3.30. The van der Waals surface area contributed by atoms with Gasteiger partial charge in [0.15, 0.2) is 0 Å². The van der Waals surface area contributed by atoms with Crippen molar-refractivity contribution in [2.45, 2.75) is 46.2 Å². The van der Waals surface area contributed by atoms with E-state index in [4.69, 9.17) is 0 Å². The molecule has 0 amide bonds. The third-order valence-corrected chi connectivity index (χ3v) is 4.62. The van der Waals surface area contributed by atoms with Crippen molar-refractivity contribution >= 4 is 5.69 Å². The van der Waals surface area contributed by atoms with Crippen LogP contribution in [0.2, 0.25) is 0 Å². The Kier molecular flexibility index (Phi) is 6.07. The number of para-hydroxylation sites is 1. The van der Waals surface area contributed by atoms with Gasteiger partial charge in [0.25, 0.3) is 0 Å². The third kappa shape index (κ3) is 3.98. The van der Waals surface area contributed by atoms with Gasteiger partial charge in [0.1, 0.15) is 0 Å². The fourth-order valence-corrected chi connectivity index (χ4v) is 3.30. The zero-order chi connectivity index (χ0) is 15.2. The standard InChI is InChI=1S/C18H31N3/c1-5-11-19-16(4)17-9-7-8-10-18(17)21-13-12-20(6-2)15(3)14-21/h7-10,15-16,19H,5-6,11-14H2,1-4H3. The summed E-state index contributed by atoms with van der Waals surface area (Å²) in [6, 6.07) is 9.95. The molecule has 1 aromatic carbocycles. The number of nitrogens with zero attached hydrogens (tertiary/aromatic N) is 2. The molecule has 1 aromatic rings. The van der Waals surface area contributed by atoms with Crippen LogP contribution in [0.15, 0.2) is 24.3 Å². The van der Waals surface area contributed by atoms with E-state index in [1.165, 1.54) is 24.2 Å². The number of piperazine rings is 1. The van der Waals surface area contributed by atoms with Crippen LogP contribution in [0.3, 0.4) is 0 Å². The first kappa shape index (κ1) is 16.3. The molecule has 0 spiro atoms. The average molecular weight is 289 g/mol. The summed E-state index contributed by atoms with van der Waals surface area (Å²) >= 11 is 0. The van der Waals surface area contributed by atoms with Crippen molar-refractivity contribution in [2.24, 2.45) is 0 Å². The van der Waals surface area contributed by atoms with Crippen LogP contribution in [0.5, 0.6) is 0 Å². The highest BCUT2D eigenvalue weighted by atomic mass is 15.3. The Bertz CT molecular complexity index is 432. The molecule has 0 saturated carbocycles. The second-order valence-electron chi connectivity index (χ2n) is 6.16. The topological polar surface area (TPSA) is 18.5 Å². The van der Waals surface area contributed by atoms with Gasteiger partial charge in [-0.3, -0.25) is 4.90 Å². The van der Waals surface area contributed by atoms with Crippen LogP contribution in [-0.4, -0.2) is 43.7 Å². The second kappa shape index (κ2) is 7.81. The lowest BCUT2D eigenvalue weighted by atomic mass is 10.0. The highest BCUT2D eigenvalue weighted by Crippen LogP contribution is 2.28. The minimum absolute atomic E-state index is 0.417. The van der Waals surface area contributed by atoms with E-state index in [1.807, 2.05) is 0 Å². The highest BCUT2D eigenvalue weighted by Gasteiger charge is 2.24. The first-order valence-corrected chi connectivity index (χ1v) is 8.48. The first-order chi connectivity index (χ1) is 10.2. The molecular weight excluding hydrogens is 258 g/mol. The van der Waals surface area contributed by atoms with Gasteiger partial charge < -0.3 is 10.2 Å². The largest absolute Gasteiger partial charge is 0.368 e. The van der Waals surface area contributed by atoms with Crippen molar-refractivity contribution in [2.75, 3.05) is 37.6 Å². The van der Waals surface area contributed by atoms with Gasteiger partial charge in [-0.15, -0.1) is 0 Å². The van der Waals surface area contributed by atoms with Gasteiger partial charge in [-0.25, -0.2) is 0 Å². The molecule has 1 aliphatic rings. The predicted octanol–water partition coefficient (Wildman–Crippen LogP) is 3.28. The number of nitrogens with one attached hydrogen (secondary N) is 1. The number of hydrogen-bond donors (Lipinski definition) is 1. The molecule has 1 heterocycles. The summed E-state index contributed by atoms with van der Waals surface area (Å²) in [4.78, 5) is 5.13. The molecule has 0 radical (unpaired) electrons. The van der Waals surface area contributed by atoms with E-state index >= 15 is 0 Å². The molecule has 1 aliphatic heterocycles. The van der Waals surface area contributed by atoms with Crippen molar-refractivity contribution in [3.05, 3.63) is 29.8 Å². The van der Waals surface area contributed by atoms with Gasteiger partial charge in [-0.1, -0.05) is 32.0 Å². The maximum atomic E-state index is 3.62. The summed E-state index contributed by atoms with van der Waals surface area (Å²) in [6.45, 7) is 14.8. The molecule has 2 atom stereocenters. The van der Waals surface area contributed by atoms with Gasteiger partial charge in [-0.2, -0.15) is 0 Å². The number of hydrogen-bond acceptors (Lipinski definition) is 3. The Morgan fingerprint density at radius 1 is 1.24 bits per heavy atom. The van der Waals surface area contributed by atoms with E-state index in [-0.39, 0.29) is 0 Å². The summed E-state index contributed by atoms with van der Waals surface area (Å²) in [5.41, 5.74) is 2.85. The van der Waals surface area contributed by atoms with Crippen LogP contribution in [0, 0.1) is 0 Å². The zero-order valence-corrected chi connectivity index (χ0v) is 14.1. The normalized spacial score (nSPS) is 21.5. The highest BCUT2D eigenvalue weighted by molar-refractivity contribution is 5.55. The van der Waals surface area contributed by atoms with Crippen LogP contribution in [-0.2, 0) is 0 Å². The summed E-state index contributed by atoms with van der Waals surface area (Å²) in [7, 11) is 0. The van der Waals surface area contributed by atoms with Gasteiger partial charge in [-0.05, 0) is 45.0 Å². The van der Waals surface area contributed by atoms with E-state index in [2.05, 4.69) is 67.1 Å². The summed E-state index contributed by atoms with van der Waals surface area (Å²) in [5, 5.41) is 3.62. The summed E-state index contributed by atoms with van der Waals surface area (Å²) < 4.78 is 0. The number of rotatable bonds is 6. The van der Waals surface area contributed by atoms with Crippen molar-refractivity contribution < 1.29 is 0 Å². The van der Waals surface area contributed by atoms with E-state index in [0.29, 0.717) is 12.1 Å². The number of anilines is 1. The van der Waals surface area contributed by atoms with Crippen LogP contribution < -0.4 is 10.2 Å². The van der Waals surface area contributed by atoms with Gasteiger partial charge >= 0.3 is 0 Å². The Morgan fingerprint density at radius 2 is 2.00 bits per heavy atom. The average Bonchev–Trinajstić information content (AvgIpc) is 2.52. The van der Waals surface area contributed by atoms with E-state index in [9.17, 15) is 0 Å². The summed E-state index contributed by atoms with van der Waals surface area (Å²) in [5.74, 6) is 0. The Morgan fingerprint density at radius 3 is 2.67 bits per heavy atom. The zero-order valence-electron chi connectivity index (χ0n) is 14.1. The number of benzene rings is 1. The van der Waals surface area contributed by atoms with Crippen molar-refractivity contribution in [1.82, 2.24) is 10.2 Å². The molecule has 3 heteroatoms. The molecular formula is C18H31N3. The molecule has 2 unspecified atom stereocenters. The van der Waals surface area contributed by atoms with Crippen molar-refractivity contribution in [1.29, 1.82) is 0 Å². The lowest BCUT2D eigenvalue weighted by Gasteiger charge is -2.41. The van der Waals surface area contributed by atoms with Crippen molar-refractivity contribution in [3.8, 4) is 0 Å². The van der Waals surface area contributed by atoms with Crippen molar-refractivity contribution in [3.63, 3.8) is 0 Å². The maximum Gasteiger partial charge on any atom is 0.0415 e. The first-order valence-electron chi connectivity index (χ1n) is 8.48. The van der Waals surface area contributed by atoms with E-state index < -0.39 is 0 Å². The molecule has 118 valence electrons. The van der Waals surface area contributed by atoms with E-state index in [0.717, 1.165) is 26.2 Å². The lowest BCUT2D eigenvalue weighted by molar-refractivity contribution is 0.199. The molecule has 0 aromatic heterocycles. The van der Waals surface area contributed by atoms with Gasteiger partial charge in [0.2, 0.25) is 0 Å². The Labute approximate surface area is 130 Å². The molecule has 3 nitrogen and oxygen atoms in total. The third-order valence-electron chi connectivity index (χ3n) is 4.62. The van der Waals surface area contributed by atoms with E-state index in [1.54, 1.807) is 0 Å². The monoisotopic (exact) mass is 289 g/mol. The maximum absolute atomic E-state index is 3.62. The van der Waals surface area contributed by atoms with Crippen LogP contribution in [0.25, 0.3) is 0 Å². The molecule has 0 bridgehead atoms. The molecule has 1 N–H and O–H groups in total. The predicted molar refractivity (Wildman–Crippen MR) is 92.1 cm³/mol. The van der Waals surface area contributed by atoms with Crippen LogP contribution in [0.1, 0.15) is 45.7 Å².